The molecule has 2 amide bonds. The van der Waals surface area contributed by atoms with Crippen LogP contribution in [-0.4, -0.2) is 35.9 Å². The van der Waals surface area contributed by atoms with Gasteiger partial charge in [-0.3, -0.25) is 4.31 Å². The Hall–Kier alpha value is -3.24. The lowest BCUT2D eigenvalue weighted by Gasteiger charge is -2.23. The van der Waals surface area contributed by atoms with Crippen molar-refractivity contribution in [3.8, 4) is 0 Å². The average molecular weight is 456 g/mol. The van der Waals surface area contributed by atoms with Gasteiger partial charge in [0.2, 0.25) is 10.0 Å². The number of nitrogens with zero attached hydrogens (tertiary/aromatic N) is 3. The summed E-state index contributed by atoms with van der Waals surface area (Å²) in [6, 6.07) is 17.2. The van der Waals surface area contributed by atoms with E-state index >= 15 is 0 Å². The molecule has 0 spiro atoms. The molecule has 2 N–H and O–H groups in total. The first kappa shape index (κ1) is 21.0. The van der Waals surface area contributed by atoms with Crippen molar-refractivity contribution in [1.82, 2.24) is 9.78 Å². The van der Waals surface area contributed by atoms with Crippen molar-refractivity contribution < 1.29 is 13.2 Å². The van der Waals surface area contributed by atoms with Gasteiger partial charge < -0.3 is 10.6 Å². The number of anilines is 3. The van der Waals surface area contributed by atoms with Gasteiger partial charge in [0.15, 0.2) is 0 Å². The molecule has 0 saturated heterocycles. The minimum absolute atomic E-state index is 0.375. The molecule has 0 saturated carbocycles. The van der Waals surface area contributed by atoms with E-state index in [1.54, 1.807) is 59.5 Å². The van der Waals surface area contributed by atoms with Crippen molar-refractivity contribution in [1.29, 1.82) is 0 Å². The summed E-state index contributed by atoms with van der Waals surface area (Å²) in [6.45, 7) is 0. The lowest BCUT2D eigenvalue weighted by Crippen LogP contribution is -2.33. The summed E-state index contributed by atoms with van der Waals surface area (Å²) >= 11 is 1.28. The average Bonchev–Trinajstić information content (AvgIpc) is 3.46. The standard InChI is InChI=1S/C21H21N5O3S2/c1-25(31(28,29)20-13-12-19(30-20)26-15-5-14-22-26)18-10-8-17(9-11-18)24-21(27)23-16-6-3-2-4-7-16/h2-12,14-15,20H,13H2,1H3,(H2,23,24,27). The van der Waals surface area contributed by atoms with Crippen molar-refractivity contribution in [2.24, 2.45) is 0 Å². The molecular formula is C21H21N5O3S2. The quantitative estimate of drug-likeness (QED) is 0.579. The maximum atomic E-state index is 13.1. The van der Waals surface area contributed by atoms with E-state index in [0.717, 1.165) is 5.03 Å². The molecule has 10 heteroatoms. The third-order valence-corrected chi connectivity index (χ3v) is 8.60. The van der Waals surface area contributed by atoms with Crippen molar-refractivity contribution >= 4 is 49.9 Å². The van der Waals surface area contributed by atoms with E-state index in [1.807, 2.05) is 24.3 Å². The van der Waals surface area contributed by atoms with Gasteiger partial charge in [-0.05, 0) is 55.0 Å². The first-order valence-electron chi connectivity index (χ1n) is 9.51. The number of nitrogens with one attached hydrogen (secondary N) is 2. The number of hydrogen-bond donors (Lipinski definition) is 2. The first-order chi connectivity index (χ1) is 14.9. The number of thioether (sulfide) groups is 1. The van der Waals surface area contributed by atoms with Crippen LogP contribution in [0.1, 0.15) is 6.42 Å². The molecule has 1 aliphatic heterocycles. The molecule has 31 heavy (non-hydrogen) atoms. The lowest BCUT2D eigenvalue weighted by atomic mass is 10.3. The number of urea groups is 1. The van der Waals surface area contributed by atoms with Gasteiger partial charge in [-0.15, -0.1) is 0 Å². The number of sulfonamides is 1. The van der Waals surface area contributed by atoms with Gasteiger partial charge in [0.05, 0.1) is 10.7 Å². The van der Waals surface area contributed by atoms with Crippen LogP contribution in [0, 0.1) is 0 Å². The minimum Gasteiger partial charge on any atom is -0.308 e. The Balaban J connectivity index is 1.38. The Labute approximate surface area is 185 Å². The van der Waals surface area contributed by atoms with Crippen LogP contribution in [0.25, 0.3) is 5.03 Å². The molecule has 1 aromatic heterocycles. The summed E-state index contributed by atoms with van der Waals surface area (Å²) in [5, 5.41) is 10.4. The molecule has 0 fully saturated rings. The molecule has 1 atom stereocenters. The number of benzene rings is 2. The van der Waals surface area contributed by atoms with Crippen LogP contribution in [0.3, 0.4) is 0 Å². The van der Waals surface area contributed by atoms with E-state index in [4.69, 9.17) is 0 Å². The molecule has 1 unspecified atom stereocenters. The summed E-state index contributed by atoms with van der Waals surface area (Å²) < 4.78 is 28.5. The number of amides is 2. The first-order valence-corrected chi connectivity index (χ1v) is 11.9. The number of para-hydroxylation sites is 1. The zero-order valence-electron chi connectivity index (χ0n) is 16.7. The van der Waals surface area contributed by atoms with E-state index in [9.17, 15) is 13.2 Å². The molecule has 4 rings (SSSR count). The Morgan fingerprint density at radius 1 is 1.06 bits per heavy atom. The van der Waals surface area contributed by atoms with E-state index in [1.165, 1.54) is 23.1 Å². The van der Waals surface area contributed by atoms with Crippen molar-refractivity contribution in [3.63, 3.8) is 0 Å². The second-order valence-corrected chi connectivity index (χ2v) is 10.4. The van der Waals surface area contributed by atoms with Gasteiger partial charge in [0, 0.05) is 30.8 Å². The van der Waals surface area contributed by atoms with Gasteiger partial charge in [0.25, 0.3) is 0 Å². The smallest absolute Gasteiger partial charge is 0.308 e. The Bertz CT molecular complexity index is 1180. The summed E-state index contributed by atoms with van der Waals surface area (Å²) in [4.78, 5) is 12.1. The van der Waals surface area contributed by atoms with Crippen LogP contribution in [0.4, 0.5) is 21.9 Å². The van der Waals surface area contributed by atoms with Gasteiger partial charge >= 0.3 is 6.03 Å². The van der Waals surface area contributed by atoms with E-state index < -0.39 is 14.6 Å². The number of carbonyl (C=O) groups is 1. The largest absolute Gasteiger partial charge is 0.323 e. The Kier molecular flexibility index (Phi) is 6.01. The van der Waals surface area contributed by atoms with Crippen molar-refractivity contribution in [2.75, 3.05) is 22.0 Å². The number of aromatic nitrogens is 2. The highest BCUT2D eigenvalue weighted by atomic mass is 32.3. The van der Waals surface area contributed by atoms with E-state index in [-0.39, 0.29) is 6.03 Å². The highest BCUT2D eigenvalue weighted by molar-refractivity contribution is 8.19. The highest BCUT2D eigenvalue weighted by Crippen LogP contribution is 2.40. The summed E-state index contributed by atoms with van der Waals surface area (Å²) in [6.07, 6.45) is 5.74. The van der Waals surface area contributed by atoms with Gasteiger partial charge in [-0.1, -0.05) is 30.0 Å². The van der Waals surface area contributed by atoms with Crippen LogP contribution in [0.2, 0.25) is 0 Å². The number of hydrogen-bond acceptors (Lipinski definition) is 5. The zero-order valence-corrected chi connectivity index (χ0v) is 18.3. The lowest BCUT2D eigenvalue weighted by molar-refractivity contribution is 0.262. The fourth-order valence-electron chi connectivity index (χ4n) is 3.05. The van der Waals surface area contributed by atoms with Crippen LogP contribution in [0.5, 0.6) is 0 Å². The van der Waals surface area contributed by atoms with Crippen molar-refractivity contribution in [3.05, 3.63) is 79.1 Å². The molecule has 3 aromatic rings. The van der Waals surface area contributed by atoms with E-state index in [0.29, 0.717) is 23.5 Å². The monoisotopic (exact) mass is 455 g/mol. The summed E-state index contributed by atoms with van der Waals surface area (Å²) in [5.74, 6) is 0. The molecule has 0 radical (unpaired) electrons. The molecule has 160 valence electrons. The molecular weight excluding hydrogens is 434 g/mol. The third-order valence-electron chi connectivity index (χ3n) is 4.70. The third kappa shape index (κ3) is 4.75. The van der Waals surface area contributed by atoms with Crippen LogP contribution in [-0.2, 0) is 10.0 Å². The molecule has 0 bridgehead atoms. The fraction of sp³-hybridized carbons (Fsp3) is 0.143. The fourth-order valence-corrected chi connectivity index (χ4v) is 6.20. The van der Waals surface area contributed by atoms with Crippen LogP contribution in [0.15, 0.2) is 79.1 Å². The van der Waals surface area contributed by atoms with Crippen LogP contribution < -0.4 is 14.9 Å². The second-order valence-electron chi connectivity index (χ2n) is 6.78. The number of carbonyl (C=O) groups excluding carboxylic acids is 1. The Morgan fingerprint density at radius 3 is 2.39 bits per heavy atom. The SMILES string of the molecule is CN(c1ccc(NC(=O)Nc2ccccc2)cc1)S(=O)(=O)C1CC=C(n2cccn2)S1. The highest BCUT2D eigenvalue weighted by Gasteiger charge is 2.34. The zero-order chi connectivity index (χ0) is 21.8. The topological polar surface area (TPSA) is 96.3 Å². The van der Waals surface area contributed by atoms with Gasteiger partial charge in [-0.2, -0.15) is 5.10 Å². The molecule has 1 aliphatic rings. The van der Waals surface area contributed by atoms with E-state index in [2.05, 4.69) is 15.7 Å². The van der Waals surface area contributed by atoms with Crippen molar-refractivity contribution in [2.45, 2.75) is 11.0 Å². The molecule has 2 heterocycles. The van der Waals surface area contributed by atoms with Gasteiger partial charge in [-0.25, -0.2) is 17.9 Å². The predicted octanol–water partition coefficient (Wildman–Crippen LogP) is 4.25. The molecule has 0 aliphatic carbocycles. The molecule has 8 nitrogen and oxygen atoms in total. The Morgan fingerprint density at radius 2 is 1.74 bits per heavy atom. The summed E-state index contributed by atoms with van der Waals surface area (Å²) in [5.41, 5.74) is 1.75. The summed E-state index contributed by atoms with van der Waals surface area (Å²) in [7, 11) is -2.05. The predicted molar refractivity (Wildman–Crippen MR) is 125 cm³/mol. The maximum Gasteiger partial charge on any atom is 0.323 e. The molecule has 2 aromatic carbocycles. The number of allylic oxidation sites excluding steroid dienone is 1. The minimum atomic E-state index is -3.59. The second kappa shape index (κ2) is 8.86. The van der Waals surface area contributed by atoms with Gasteiger partial charge in [0.1, 0.15) is 4.58 Å². The normalized spacial score (nSPS) is 15.9. The maximum absolute atomic E-state index is 13.1. The number of rotatable bonds is 6. The van der Waals surface area contributed by atoms with Crippen LogP contribution >= 0.6 is 11.8 Å².